The zero-order chi connectivity index (χ0) is 20.3. The van der Waals surface area contributed by atoms with Crippen molar-refractivity contribution in [3.63, 3.8) is 0 Å². The van der Waals surface area contributed by atoms with Gasteiger partial charge in [-0.15, -0.1) is 0 Å². The lowest BCUT2D eigenvalue weighted by atomic mass is 10.1. The van der Waals surface area contributed by atoms with Crippen LogP contribution in [0.5, 0.6) is 0 Å². The minimum absolute atomic E-state index is 0.103. The Hall–Kier alpha value is -2.29. The van der Waals surface area contributed by atoms with Gasteiger partial charge in [0.05, 0.1) is 15.1 Å². The van der Waals surface area contributed by atoms with Crippen molar-refractivity contribution in [2.24, 2.45) is 0 Å². The molecule has 1 aliphatic rings. The predicted molar refractivity (Wildman–Crippen MR) is 116 cm³/mol. The number of nitrogens with one attached hydrogen (secondary N) is 1. The second kappa shape index (κ2) is 8.61. The first-order valence-corrected chi connectivity index (χ1v) is 12.0. The molecule has 1 fully saturated rings. The number of rotatable bonds is 6. The monoisotopic (exact) mass is 429 g/mol. The smallest absolute Gasteiger partial charge is 0.243 e. The second-order valence-corrected chi connectivity index (χ2v) is 10.1. The van der Waals surface area contributed by atoms with Crippen molar-refractivity contribution in [1.29, 1.82) is 0 Å². The number of carbonyl (C=O) groups excluding carboxylic acids is 1. The zero-order valence-corrected chi connectivity index (χ0v) is 17.6. The number of carbonyl (C=O) groups is 1. The zero-order valence-electron chi connectivity index (χ0n) is 16.0. The predicted octanol–water partition coefficient (Wildman–Crippen LogP) is 4.04. The second-order valence-electron chi connectivity index (χ2n) is 7.15. The van der Waals surface area contributed by atoms with Gasteiger partial charge in [0, 0.05) is 19.5 Å². The molecule has 0 radical (unpaired) electrons. The Morgan fingerprint density at radius 1 is 1.07 bits per heavy atom. The van der Waals surface area contributed by atoms with Crippen LogP contribution >= 0.6 is 11.3 Å². The molecule has 1 N–H and O–H groups in total. The number of hydrogen-bond donors (Lipinski definition) is 1. The highest BCUT2D eigenvalue weighted by Gasteiger charge is 2.26. The van der Waals surface area contributed by atoms with Crippen LogP contribution < -0.4 is 5.32 Å². The number of amides is 1. The Kier molecular flexibility index (Phi) is 5.94. The summed E-state index contributed by atoms with van der Waals surface area (Å²) in [5.41, 5.74) is 1.80. The lowest BCUT2D eigenvalue weighted by molar-refractivity contribution is -0.116. The van der Waals surface area contributed by atoms with Crippen LogP contribution in [-0.4, -0.2) is 36.7 Å². The van der Waals surface area contributed by atoms with E-state index >= 15 is 0 Å². The largest absolute Gasteiger partial charge is 0.302 e. The molecule has 29 heavy (non-hydrogen) atoms. The molecule has 1 saturated heterocycles. The molecular weight excluding hydrogens is 406 g/mol. The van der Waals surface area contributed by atoms with Gasteiger partial charge >= 0.3 is 0 Å². The highest BCUT2D eigenvalue weighted by atomic mass is 32.2. The van der Waals surface area contributed by atoms with Crippen molar-refractivity contribution in [2.45, 2.75) is 37.0 Å². The van der Waals surface area contributed by atoms with Gasteiger partial charge in [-0.05, 0) is 43.0 Å². The van der Waals surface area contributed by atoms with E-state index in [2.05, 4.69) is 10.3 Å². The summed E-state index contributed by atoms with van der Waals surface area (Å²) in [6, 6.07) is 14.8. The fraction of sp³-hybridized carbons (Fsp3) is 0.333. The quantitative estimate of drug-likeness (QED) is 0.641. The van der Waals surface area contributed by atoms with E-state index in [1.54, 1.807) is 22.5 Å². The summed E-state index contributed by atoms with van der Waals surface area (Å²) >= 11 is 1.30. The minimum atomic E-state index is -3.48. The van der Waals surface area contributed by atoms with Crippen LogP contribution in [0.15, 0.2) is 53.4 Å². The van der Waals surface area contributed by atoms with Gasteiger partial charge in [0.15, 0.2) is 5.13 Å². The summed E-state index contributed by atoms with van der Waals surface area (Å²) in [7, 11) is -3.48. The van der Waals surface area contributed by atoms with E-state index in [0.29, 0.717) is 36.6 Å². The molecule has 2 heterocycles. The van der Waals surface area contributed by atoms with Crippen molar-refractivity contribution < 1.29 is 13.2 Å². The van der Waals surface area contributed by atoms with E-state index < -0.39 is 10.0 Å². The van der Waals surface area contributed by atoms with Gasteiger partial charge in [0.2, 0.25) is 15.9 Å². The molecule has 1 amide bonds. The third-order valence-electron chi connectivity index (χ3n) is 5.04. The number of fused-ring (bicyclic) bond motifs is 1. The van der Waals surface area contributed by atoms with Gasteiger partial charge in [-0.2, -0.15) is 4.31 Å². The summed E-state index contributed by atoms with van der Waals surface area (Å²) in [5, 5.41) is 3.32. The normalized spacial score (nSPS) is 15.4. The molecule has 0 bridgehead atoms. The number of aromatic nitrogens is 1. The fourth-order valence-electron chi connectivity index (χ4n) is 3.46. The van der Waals surface area contributed by atoms with E-state index in [1.165, 1.54) is 11.3 Å². The van der Waals surface area contributed by atoms with Gasteiger partial charge in [0.1, 0.15) is 0 Å². The third kappa shape index (κ3) is 4.66. The molecule has 0 unspecified atom stereocenters. The van der Waals surface area contributed by atoms with Crippen LogP contribution in [0.2, 0.25) is 0 Å². The summed E-state index contributed by atoms with van der Waals surface area (Å²) < 4.78 is 28.1. The van der Waals surface area contributed by atoms with Gasteiger partial charge in [-0.1, -0.05) is 48.1 Å². The highest BCUT2D eigenvalue weighted by molar-refractivity contribution is 7.89. The molecule has 3 aromatic rings. The Bertz CT molecular complexity index is 1100. The number of aryl methyl sites for hydroxylation is 1. The van der Waals surface area contributed by atoms with Crippen molar-refractivity contribution in [3.05, 3.63) is 54.1 Å². The van der Waals surface area contributed by atoms with E-state index in [1.807, 2.05) is 30.3 Å². The number of sulfonamides is 1. The Morgan fingerprint density at radius 2 is 1.83 bits per heavy atom. The average Bonchev–Trinajstić information content (AvgIpc) is 3.15. The van der Waals surface area contributed by atoms with Gasteiger partial charge < -0.3 is 5.32 Å². The van der Waals surface area contributed by atoms with Crippen molar-refractivity contribution >= 4 is 42.6 Å². The molecule has 2 aromatic carbocycles. The fourth-order valence-corrected chi connectivity index (χ4v) is 6.00. The molecule has 0 atom stereocenters. The molecule has 1 aromatic heterocycles. The molecule has 0 aliphatic carbocycles. The summed E-state index contributed by atoms with van der Waals surface area (Å²) in [6.07, 6.45) is 3.92. The van der Waals surface area contributed by atoms with Crippen LogP contribution in [0.3, 0.4) is 0 Å². The maximum atomic E-state index is 12.9. The number of thiazole rings is 1. The van der Waals surface area contributed by atoms with Crippen LogP contribution in [0.4, 0.5) is 5.13 Å². The van der Waals surface area contributed by atoms with Crippen LogP contribution in [0.1, 0.15) is 31.2 Å². The lowest BCUT2D eigenvalue weighted by Gasteiger charge is -2.25. The topological polar surface area (TPSA) is 79.4 Å². The SMILES string of the molecule is O=C(CCc1ccccc1)Nc1nc2ccc(S(=O)(=O)N3CCCCC3)cc2s1. The minimum Gasteiger partial charge on any atom is -0.302 e. The van der Waals surface area contributed by atoms with Crippen molar-refractivity contribution in [3.8, 4) is 0 Å². The maximum Gasteiger partial charge on any atom is 0.243 e. The number of benzene rings is 2. The average molecular weight is 430 g/mol. The molecule has 8 heteroatoms. The third-order valence-corrected chi connectivity index (χ3v) is 7.87. The lowest BCUT2D eigenvalue weighted by Crippen LogP contribution is -2.35. The first kappa shape index (κ1) is 20.0. The number of piperidine rings is 1. The summed E-state index contributed by atoms with van der Waals surface area (Å²) in [6.45, 7) is 1.15. The number of nitrogens with zero attached hydrogens (tertiary/aromatic N) is 2. The van der Waals surface area contributed by atoms with Crippen LogP contribution in [0.25, 0.3) is 10.2 Å². The standard InChI is InChI=1S/C21H23N3O3S2/c25-20(12-9-16-7-3-1-4-8-16)23-21-22-18-11-10-17(15-19(18)28-21)29(26,27)24-13-5-2-6-14-24/h1,3-4,7-8,10-11,15H,2,5-6,9,12-14H2,(H,22,23,25). The number of hydrogen-bond acceptors (Lipinski definition) is 5. The van der Waals surface area contributed by atoms with Gasteiger partial charge in [-0.25, -0.2) is 13.4 Å². The van der Waals surface area contributed by atoms with Crippen LogP contribution in [-0.2, 0) is 21.2 Å². The Labute approximate surface area is 174 Å². The molecule has 6 nitrogen and oxygen atoms in total. The van der Waals surface area contributed by atoms with Gasteiger partial charge in [0.25, 0.3) is 0 Å². The van der Waals surface area contributed by atoms with Crippen molar-refractivity contribution in [1.82, 2.24) is 9.29 Å². The summed E-state index contributed by atoms with van der Waals surface area (Å²) in [5.74, 6) is -0.103. The summed E-state index contributed by atoms with van der Waals surface area (Å²) in [4.78, 5) is 17.0. The first-order valence-electron chi connectivity index (χ1n) is 9.77. The van der Waals surface area contributed by atoms with E-state index in [0.717, 1.165) is 29.5 Å². The highest BCUT2D eigenvalue weighted by Crippen LogP contribution is 2.30. The number of anilines is 1. The molecular formula is C21H23N3O3S2. The van der Waals surface area contributed by atoms with Crippen LogP contribution in [0, 0.1) is 0 Å². The van der Waals surface area contributed by atoms with E-state index in [9.17, 15) is 13.2 Å². The molecule has 152 valence electrons. The van der Waals surface area contributed by atoms with E-state index in [-0.39, 0.29) is 10.8 Å². The molecule has 4 rings (SSSR count). The Morgan fingerprint density at radius 3 is 2.59 bits per heavy atom. The maximum absolute atomic E-state index is 12.9. The Balaban J connectivity index is 1.46. The van der Waals surface area contributed by atoms with E-state index in [4.69, 9.17) is 0 Å². The molecule has 1 aliphatic heterocycles. The van der Waals surface area contributed by atoms with Gasteiger partial charge in [-0.3, -0.25) is 4.79 Å². The first-order chi connectivity index (χ1) is 14.0. The van der Waals surface area contributed by atoms with Crippen molar-refractivity contribution in [2.75, 3.05) is 18.4 Å². The molecule has 0 saturated carbocycles. The molecule has 0 spiro atoms.